The van der Waals surface area contributed by atoms with E-state index in [1.165, 1.54) is 60.1 Å². The molecule has 1 aliphatic rings. The van der Waals surface area contributed by atoms with Crippen molar-refractivity contribution in [3.63, 3.8) is 0 Å². The molecule has 0 fully saturated rings. The van der Waals surface area contributed by atoms with Crippen molar-refractivity contribution in [1.82, 2.24) is 9.97 Å². The van der Waals surface area contributed by atoms with E-state index in [2.05, 4.69) is 140 Å². The third kappa shape index (κ3) is 4.38. The van der Waals surface area contributed by atoms with E-state index in [0.717, 1.165) is 22.4 Å². The summed E-state index contributed by atoms with van der Waals surface area (Å²) in [4.78, 5) is 10.1. The lowest BCUT2D eigenvalue weighted by Gasteiger charge is -2.20. The Balaban J connectivity index is 1.12. The maximum absolute atomic E-state index is 5.05. The minimum atomic E-state index is -0.707. The number of para-hydroxylation sites is 2. The summed E-state index contributed by atoms with van der Waals surface area (Å²) in [6.07, 6.45) is 0. The minimum absolute atomic E-state index is 0.707. The topological polar surface area (TPSA) is 25.8 Å². The lowest BCUT2D eigenvalue weighted by Crippen LogP contribution is -2.20. The largest absolute Gasteiger partial charge is 0.244 e. The van der Waals surface area contributed by atoms with Gasteiger partial charge in [0.1, 0.15) is 0 Å². The van der Waals surface area contributed by atoms with Crippen LogP contribution in [-0.4, -0.2) is 9.97 Å². The standard InChI is InChI=1S/C42H27N2P/c1-3-10-28(11-4-1)29-18-22-32(23-19-29)45(31-12-5-2-6-13-31)33-24-20-30(21-25-33)34-26-27-37-40-35(34)14-9-15-36(40)41-42(37)44-39-17-8-7-16-38(39)43-41/h1-27H. The molecule has 0 amide bonds. The van der Waals surface area contributed by atoms with Gasteiger partial charge < -0.3 is 0 Å². The van der Waals surface area contributed by atoms with Gasteiger partial charge in [0.2, 0.25) is 0 Å². The van der Waals surface area contributed by atoms with Crippen molar-refractivity contribution < 1.29 is 0 Å². The van der Waals surface area contributed by atoms with Crippen LogP contribution in [0.15, 0.2) is 164 Å². The van der Waals surface area contributed by atoms with Gasteiger partial charge in [0, 0.05) is 16.5 Å². The Morgan fingerprint density at radius 1 is 0.333 bits per heavy atom. The average Bonchev–Trinajstić information content (AvgIpc) is 3.43. The Bertz CT molecular complexity index is 2300. The molecule has 1 aromatic heterocycles. The van der Waals surface area contributed by atoms with Crippen LogP contribution in [-0.2, 0) is 0 Å². The molecule has 2 nitrogen and oxygen atoms in total. The van der Waals surface area contributed by atoms with Gasteiger partial charge in [0.05, 0.1) is 22.4 Å². The van der Waals surface area contributed by atoms with Gasteiger partial charge in [0.25, 0.3) is 0 Å². The van der Waals surface area contributed by atoms with Crippen molar-refractivity contribution in [2.45, 2.75) is 0 Å². The maximum Gasteiger partial charge on any atom is 0.0979 e. The molecule has 1 heterocycles. The minimum Gasteiger partial charge on any atom is -0.244 e. The van der Waals surface area contributed by atoms with E-state index in [1.54, 1.807) is 0 Å². The summed E-state index contributed by atoms with van der Waals surface area (Å²) in [5.41, 5.74) is 11.1. The fraction of sp³-hybridized carbons (Fsp3) is 0. The van der Waals surface area contributed by atoms with E-state index in [0.29, 0.717) is 0 Å². The third-order valence-electron chi connectivity index (χ3n) is 8.80. The van der Waals surface area contributed by atoms with Gasteiger partial charge >= 0.3 is 0 Å². The fourth-order valence-corrected chi connectivity index (χ4v) is 8.94. The van der Waals surface area contributed by atoms with Crippen molar-refractivity contribution in [2.75, 3.05) is 0 Å². The third-order valence-corrected chi connectivity index (χ3v) is 11.2. The highest BCUT2D eigenvalue weighted by Gasteiger charge is 2.26. The number of hydrogen-bond acceptors (Lipinski definition) is 2. The number of benzene rings is 7. The smallest absolute Gasteiger partial charge is 0.0979 e. The van der Waals surface area contributed by atoms with Crippen molar-refractivity contribution in [1.29, 1.82) is 0 Å². The van der Waals surface area contributed by atoms with Crippen molar-refractivity contribution in [2.24, 2.45) is 0 Å². The summed E-state index contributed by atoms with van der Waals surface area (Å²) in [7, 11) is -0.707. The number of nitrogens with zero attached hydrogens (tertiary/aromatic N) is 2. The van der Waals surface area contributed by atoms with E-state index in [4.69, 9.17) is 9.97 Å². The zero-order valence-electron chi connectivity index (χ0n) is 24.4. The van der Waals surface area contributed by atoms with Gasteiger partial charge in [-0.2, -0.15) is 0 Å². The lowest BCUT2D eigenvalue weighted by atomic mass is 9.95. The fourth-order valence-electron chi connectivity index (χ4n) is 6.68. The first-order valence-corrected chi connectivity index (χ1v) is 16.6. The van der Waals surface area contributed by atoms with Gasteiger partial charge in [-0.05, 0) is 63.6 Å². The first kappa shape index (κ1) is 26.0. The average molecular weight is 591 g/mol. The molecule has 0 spiro atoms. The van der Waals surface area contributed by atoms with Crippen LogP contribution >= 0.6 is 7.92 Å². The van der Waals surface area contributed by atoms with Crippen molar-refractivity contribution in [3.8, 4) is 44.8 Å². The monoisotopic (exact) mass is 590 g/mol. The Morgan fingerprint density at radius 3 is 1.47 bits per heavy atom. The summed E-state index contributed by atoms with van der Waals surface area (Å²) in [6.45, 7) is 0. The van der Waals surface area contributed by atoms with Gasteiger partial charge in [-0.25, -0.2) is 9.97 Å². The molecule has 9 rings (SSSR count). The zero-order chi connectivity index (χ0) is 29.7. The molecule has 7 aromatic carbocycles. The number of hydrogen-bond donors (Lipinski definition) is 0. The zero-order valence-corrected chi connectivity index (χ0v) is 25.3. The van der Waals surface area contributed by atoms with Gasteiger partial charge in [0.15, 0.2) is 0 Å². The molecular formula is C42H27N2P. The first-order chi connectivity index (χ1) is 22.3. The Hall–Kier alpha value is -5.43. The number of rotatable bonds is 5. The van der Waals surface area contributed by atoms with Gasteiger partial charge in [-0.15, -0.1) is 0 Å². The summed E-state index contributed by atoms with van der Waals surface area (Å²) >= 11 is 0. The molecule has 1 unspecified atom stereocenters. The summed E-state index contributed by atoms with van der Waals surface area (Å²) in [5, 5.41) is 6.52. The Labute approximate surface area is 263 Å². The Morgan fingerprint density at radius 2 is 0.822 bits per heavy atom. The molecule has 8 aromatic rings. The van der Waals surface area contributed by atoms with Crippen LogP contribution in [0.5, 0.6) is 0 Å². The quantitative estimate of drug-likeness (QED) is 0.187. The second-order valence-electron chi connectivity index (χ2n) is 11.4. The predicted molar refractivity (Wildman–Crippen MR) is 191 cm³/mol. The molecule has 0 bridgehead atoms. The molecule has 0 radical (unpaired) electrons. The number of aromatic nitrogens is 2. The predicted octanol–water partition coefficient (Wildman–Crippen LogP) is 9.52. The van der Waals surface area contributed by atoms with E-state index >= 15 is 0 Å². The normalized spacial score (nSPS) is 12.4. The second kappa shape index (κ2) is 10.6. The van der Waals surface area contributed by atoms with E-state index in [-0.39, 0.29) is 0 Å². The van der Waals surface area contributed by atoms with Crippen LogP contribution in [0.3, 0.4) is 0 Å². The molecule has 1 aliphatic carbocycles. The van der Waals surface area contributed by atoms with Crippen LogP contribution in [0.4, 0.5) is 0 Å². The molecule has 0 aliphatic heterocycles. The molecule has 210 valence electrons. The number of fused-ring (bicyclic) bond motifs is 4. The molecule has 3 heteroatoms. The summed E-state index contributed by atoms with van der Waals surface area (Å²) in [5.74, 6) is 0. The highest BCUT2D eigenvalue weighted by atomic mass is 31.1. The van der Waals surface area contributed by atoms with E-state index < -0.39 is 7.92 Å². The first-order valence-electron chi connectivity index (χ1n) is 15.3. The van der Waals surface area contributed by atoms with Crippen LogP contribution in [0.2, 0.25) is 0 Å². The molecule has 0 saturated carbocycles. The highest BCUT2D eigenvalue weighted by Crippen LogP contribution is 2.48. The van der Waals surface area contributed by atoms with E-state index in [1.807, 2.05) is 24.3 Å². The Kier molecular flexibility index (Phi) is 6.14. The summed E-state index contributed by atoms with van der Waals surface area (Å²) in [6, 6.07) is 59.1. The summed E-state index contributed by atoms with van der Waals surface area (Å²) < 4.78 is 0. The second-order valence-corrected chi connectivity index (χ2v) is 13.6. The van der Waals surface area contributed by atoms with Crippen LogP contribution < -0.4 is 15.9 Å². The van der Waals surface area contributed by atoms with E-state index in [9.17, 15) is 0 Å². The van der Waals surface area contributed by atoms with Gasteiger partial charge in [-0.1, -0.05) is 152 Å². The SMILES string of the molecule is c1ccc(-c2ccc(P(c3ccccc3)c3ccc(-c4ccc5c6c(cccc46)-c4nc6ccccc6nc4-5)cc3)cc2)cc1. The highest BCUT2D eigenvalue weighted by molar-refractivity contribution is 7.79. The molecule has 1 atom stereocenters. The van der Waals surface area contributed by atoms with Crippen molar-refractivity contribution in [3.05, 3.63) is 164 Å². The van der Waals surface area contributed by atoms with Crippen molar-refractivity contribution >= 4 is 45.6 Å². The van der Waals surface area contributed by atoms with Crippen LogP contribution in [0.1, 0.15) is 0 Å². The molecule has 0 N–H and O–H groups in total. The molecular weight excluding hydrogens is 563 g/mol. The van der Waals surface area contributed by atoms with Crippen LogP contribution in [0.25, 0.3) is 66.6 Å². The maximum atomic E-state index is 5.05. The van der Waals surface area contributed by atoms with Crippen LogP contribution in [0, 0.1) is 0 Å². The lowest BCUT2D eigenvalue weighted by molar-refractivity contribution is 1.32. The molecule has 0 saturated heterocycles. The molecule has 45 heavy (non-hydrogen) atoms. The van der Waals surface area contributed by atoms with Gasteiger partial charge in [-0.3, -0.25) is 0 Å².